The van der Waals surface area contributed by atoms with Gasteiger partial charge in [0.15, 0.2) is 12.2 Å². The van der Waals surface area contributed by atoms with Crippen molar-refractivity contribution in [3.63, 3.8) is 0 Å². The third kappa shape index (κ3) is 3.70. The predicted molar refractivity (Wildman–Crippen MR) is 137 cm³/mol. The number of aryl methyl sites for hydroxylation is 2. The summed E-state index contributed by atoms with van der Waals surface area (Å²) < 4.78 is 12.4. The maximum absolute atomic E-state index is 13.3. The van der Waals surface area contributed by atoms with Crippen LogP contribution in [0.2, 0.25) is 0 Å². The highest BCUT2D eigenvalue weighted by atomic mass is 16.6. The first-order valence-electron chi connectivity index (χ1n) is 12.2. The standard InChI is InChI=1S/C32H26O4/c1-19-11-15-21(16-12-19)31(33)35-29-27-23-7-3-5-9-25(23)28(26-10-6-4-8-24(26)27)30(29)36-32(34)22-17-13-20(2)14-18-22/h3-18,27-30H,1-2H3. The Morgan fingerprint density at radius 2 is 0.806 bits per heavy atom. The number of carbonyl (C=O) groups excluding carboxylic acids is 2. The third-order valence-corrected chi connectivity index (χ3v) is 7.37. The van der Waals surface area contributed by atoms with Crippen LogP contribution in [0, 0.1) is 13.8 Å². The molecule has 0 aromatic heterocycles. The highest BCUT2D eigenvalue weighted by Gasteiger charge is 2.53. The Bertz CT molecular complexity index is 1290. The summed E-state index contributed by atoms with van der Waals surface area (Å²) in [5.41, 5.74) is 7.55. The van der Waals surface area contributed by atoms with Gasteiger partial charge in [0.1, 0.15) is 0 Å². The number of benzene rings is 4. The van der Waals surface area contributed by atoms with Crippen molar-refractivity contribution >= 4 is 11.9 Å². The van der Waals surface area contributed by atoms with E-state index in [1.165, 1.54) is 0 Å². The molecule has 2 atom stereocenters. The molecule has 0 N–H and O–H groups in total. The molecule has 3 aliphatic rings. The van der Waals surface area contributed by atoms with Gasteiger partial charge in [-0.1, -0.05) is 83.9 Å². The molecular weight excluding hydrogens is 448 g/mol. The average Bonchev–Trinajstić information content (AvgIpc) is 2.90. The van der Waals surface area contributed by atoms with Crippen LogP contribution in [-0.2, 0) is 9.47 Å². The van der Waals surface area contributed by atoms with E-state index in [0.717, 1.165) is 33.4 Å². The maximum Gasteiger partial charge on any atom is 0.338 e. The second kappa shape index (κ2) is 8.80. The van der Waals surface area contributed by atoms with E-state index in [2.05, 4.69) is 24.3 Å². The van der Waals surface area contributed by atoms with Crippen LogP contribution in [0.5, 0.6) is 0 Å². The Labute approximate surface area is 210 Å². The third-order valence-electron chi connectivity index (χ3n) is 7.37. The van der Waals surface area contributed by atoms with E-state index in [-0.39, 0.29) is 11.8 Å². The number of carbonyl (C=O) groups is 2. The SMILES string of the molecule is Cc1ccc(C(=O)OC2C3c4ccccc4C(c4ccccc43)C2OC(=O)c2ccc(C)cc2)cc1. The molecule has 7 rings (SSSR count). The summed E-state index contributed by atoms with van der Waals surface area (Å²) in [6.07, 6.45) is -1.30. The van der Waals surface area contributed by atoms with Gasteiger partial charge >= 0.3 is 11.9 Å². The minimum absolute atomic E-state index is 0.229. The fourth-order valence-electron chi connectivity index (χ4n) is 5.61. The number of hydrogen-bond donors (Lipinski definition) is 0. The van der Waals surface area contributed by atoms with Crippen LogP contribution < -0.4 is 0 Å². The molecule has 0 fully saturated rings. The van der Waals surface area contributed by atoms with Crippen LogP contribution in [0.3, 0.4) is 0 Å². The van der Waals surface area contributed by atoms with Gasteiger partial charge in [0.25, 0.3) is 0 Å². The van der Waals surface area contributed by atoms with E-state index in [1.807, 2.05) is 62.4 Å². The zero-order valence-electron chi connectivity index (χ0n) is 20.2. The van der Waals surface area contributed by atoms with Gasteiger partial charge < -0.3 is 9.47 Å². The summed E-state index contributed by atoms with van der Waals surface area (Å²) in [6, 6.07) is 31.1. The second-order valence-electron chi connectivity index (χ2n) is 9.69. The zero-order valence-corrected chi connectivity index (χ0v) is 20.2. The number of rotatable bonds is 4. The summed E-state index contributed by atoms with van der Waals surface area (Å²) in [4.78, 5) is 26.6. The molecule has 2 unspecified atom stereocenters. The van der Waals surface area contributed by atoms with Crippen LogP contribution in [0.4, 0.5) is 0 Å². The van der Waals surface area contributed by atoms with Gasteiger partial charge in [-0.3, -0.25) is 0 Å². The van der Waals surface area contributed by atoms with Crippen molar-refractivity contribution in [1.82, 2.24) is 0 Å². The Balaban J connectivity index is 1.43. The minimum Gasteiger partial charge on any atom is -0.454 e. The van der Waals surface area contributed by atoms with Gasteiger partial charge in [0.2, 0.25) is 0 Å². The molecule has 4 heteroatoms. The van der Waals surface area contributed by atoms with Crippen molar-refractivity contribution in [1.29, 1.82) is 0 Å². The molecule has 0 saturated carbocycles. The van der Waals surface area contributed by atoms with Crippen molar-refractivity contribution in [2.24, 2.45) is 0 Å². The monoisotopic (exact) mass is 474 g/mol. The molecule has 4 nitrogen and oxygen atoms in total. The molecule has 4 aromatic carbocycles. The lowest BCUT2D eigenvalue weighted by Gasteiger charge is -2.49. The van der Waals surface area contributed by atoms with E-state index in [9.17, 15) is 9.59 Å². The average molecular weight is 475 g/mol. The van der Waals surface area contributed by atoms with Gasteiger partial charge in [-0.15, -0.1) is 0 Å². The molecule has 0 spiro atoms. The van der Waals surface area contributed by atoms with E-state index >= 15 is 0 Å². The normalized spacial score (nSPS) is 21.3. The molecule has 0 aliphatic heterocycles. The molecule has 3 aliphatic carbocycles. The van der Waals surface area contributed by atoms with Gasteiger partial charge in [-0.25, -0.2) is 9.59 Å². The first-order valence-corrected chi connectivity index (χ1v) is 12.2. The highest BCUT2D eigenvalue weighted by Crippen LogP contribution is 2.54. The Morgan fingerprint density at radius 1 is 0.500 bits per heavy atom. The smallest absolute Gasteiger partial charge is 0.338 e. The first-order chi connectivity index (χ1) is 17.5. The second-order valence-corrected chi connectivity index (χ2v) is 9.69. The van der Waals surface area contributed by atoms with Gasteiger partial charge in [0, 0.05) is 0 Å². The Morgan fingerprint density at radius 3 is 1.11 bits per heavy atom. The van der Waals surface area contributed by atoms with E-state index < -0.39 is 24.1 Å². The van der Waals surface area contributed by atoms with Gasteiger partial charge in [0.05, 0.1) is 23.0 Å². The number of ether oxygens (including phenoxy) is 2. The summed E-state index contributed by atoms with van der Waals surface area (Å²) >= 11 is 0. The fraction of sp³-hybridized carbons (Fsp3) is 0.188. The first kappa shape index (κ1) is 22.3. The van der Waals surface area contributed by atoms with Crippen molar-refractivity contribution < 1.29 is 19.1 Å². The fourth-order valence-corrected chi connectivity index (χ4v) is 5.61. The molecule has 2 bridgehead atoms. The van der Waals surface area contributed by atoms with Crippen LogP contribution in [0.15, 0.2) is 97.1 Å². The Kier molecular flexibility index (Phi) is 5.45. The van der Waals surface area contributed by atoms with Crippen LogP contribution in [0.25, 0.3) is 0 Å². The molecule has 36 heavy (non-hydrogen) atoms. The summed E-state index contributed by atoms with van der Waals surface area (Å²) in [5.74, 6) is -1.29. The summed E-state index contributed by atoms with van der Waals surface area (Å²) in [5, 5.41) is 0. The molecule has 0 amide bonds. The van der Waals surface area contributed by atoms with Crippen molar-refractivity contribution in [3.8, 4) is 0 Å². The van der Waals surface area contributed by atoms with Crippen molar-refractivity contribution in [2.45, 2.75) is 37.9 Å². The van der Waals surface area contributed by atoms with Crippen molar-refractivity contribution in [3.05, 3.63) is 142 Å². The largest absolute Gasteiger partial charge is 0.454 e. The quantitative estimate of drug-likeness (QED) is 0.324. The number of hydrogen-bond acceptors (Lipinski definition) is 4. The molecule has 0 heterocycles. The Hall–Kier alpha value is -4.18. The lowest BCUT2D eigenvalue weighted by Crippen LogP contribution is -2.51. The van der Waals surface area contributed by atoms with Crippen LogP contribution in [-0.4, -0.2) is 24.1 Å². The van der Waals surface area contributed by atoms with E-state index in [1.54, 1.807) is 24.3 Å². The minimum atomic E-state index is -0.650. The predicted octanol–water partition coefficient (Wildman–Crippen LogP) is 6.35. The topological polar surface area (TPSA) is 52.6 Å². The highest BCUT2D eigenvalue weighted by molar-refractivity contribution is 5.91. The van der Waals surface area contributed by atoms with Gasteiger partial charge in [-0.2, -0.15) is 0 Å². The molecule has 178 valence electrons. The number of fused-ring (bicyclic) bond motifs is 1. The molecular formula is C32H26O4. The van der Waals surface area contributed by atoms with E-state index in [0.29, 0.717) is 11.1 Å². The van der Waals surface area contributed by atoms with E-state index in [4.69, 9.17) is 9.47 Å². The molecule has 0 radical (unpaired) electrons. The maximum atomic E-state index is 13.3. The zero-order chi connectivity index (χ0) is 24.8. The van der Waals surface area contributed by atoms with Crippen LogP contribution >= 0.6 is 0 Å². The number of esters is 2. The molecule has 0 saturated heterocycles. The van der Waals surface area contributed by atoms with Crippen LogP contribution in [0.1, 0.15) is 65.9 Å². The molecule has 4 aromatic rings. The van der Waals surface area contributed by atoms with Crippen molar-refractivity contribution in [2.75, 3.05) is 0 Å². The summed E-state index contributed by atoms with van der Waals surface area (Å²) in [7, 11) is 0. The van der Waals surface area contributed by atoms with Gasteiger partial charge in [-0.05, 0) is 60.4 Å². The lowest BCUT2D eigenvalue weighted by molar-refractivity contribution is -0.0557. The summed E-state index contributed by atoms with van der Waals surface area (Å²) in [6.45, 7) is 3.95. The lowest BCUT2D eigenvalue weighted by atomic mass is 9.61.